The Morgan fingerprint density at radius 2 is 1.05 bits per heavy atom. The molecule has 0 saturated carbocycles. The molecule has 116 valence electrons. The van der Waals surface area contributed by atoms with Crippen LogP contribution in [0.25, 0.3) is 0 Å². The molecule has 0 unspecified atom stereocenters. The molecule has 0 radical (unpaired) electrons. The van der Waals surface area contributed by atoms with Crippen LogP contribution in [0.2, 0.25) is 11.3 Å². The number of benzene rings is 2. The molecule has 1 aliphatic heterocycles. The van der Waals surface area contributed by atoms with Crippen LogP contribution in [0.15, 0.2) is 60.7 Å². The van der Waals surface area contributed by atoms with E-state index in [-0.39, 0.29) is 0 Å². The van der Waals surface area contributed by atoms with E-state index in [1.807, 2.05) is 0 Å². The van der Waals surface area contributed by atoms with E-state index in [4.69, 9.17) is 8.85 Å². The van der Waals surface area contributed by atoms with Crippen molar-refractivity contribution in [1.82, 2.24) is 0 Å². The van der Waals surface area contributed by atoms with E-state index in [1.165, 1.54) is 10.4 Å². The van der Waals surface area contributed by atoms with Gasteiger partial charge in [-0.25, -0.2) is 0 Å². The van der Waals surface area contributed by atoms with Crippen molar-refractivity contribution in [2.75, 3.05) is 13.2 Å². The molecule has 4 heteroatoms. The highest BCUT2D eigenvalue weighted by Crippen LogP contribution is 2.41. The van der Waals surface area contributed by atoms with Crippen molar-refractivity contribution < 1.29 is 8.85 Å². The first-order valence-corrected chi connectivity index (χ1v) is 12.8. The molecule has 0 aliphatic carbocycles. The Morgan fingerprint density at radius 3 is 1.36 bits per heavy atom. The lowest BCUT2D eigenvalue weighted by atomic mass is 10.4. The molecule has 0 N–H and O–H groups in total. The second-order valence-corrected chi connectivity index (χ2v) is 14.5. The van der Waals surface area contributed by atoms with Crippen LogP contribution >= 0.6 is 0 Å². The van der Waals surface area contributed by atoms with Gasteiger partial charge in [0.1, 0.15) is 0 Å². The van der Waals surface area contributed by atoms with Crippen LogP contribution < -0.4 is 10.4 Å². The fourth-order valence-electron chi connectivity index (χ4n) is 3.69. The smallest absolute Gasteiger partial charge is 0.224 e. The standard InChI is InChI=1S/C18H24O2Si2/c1-3-19-21(17-11-7-5-8-12-17)15-22(16-21,20-4-2)18-13-9-6-10-14-18/h5-14H,3-4,15-16H2,1-2H3. The molecular formula is C18H24O2Si2. The molecule has 1 aliphatic rings. The topological polar surface area (TPSA) is 18.5 Å². The number of hydrogen-bond donors (Lipinski definition) is 0. The van der Waals surface area contributed by atoms with Gasteiger partial charge in [-0.15, -0.1) is 0 Å². The summed E-state index contributed by atoms with van der Waals surface area (Å²) in [6.07, 6.45) is 0. The van der Waals surface area contributed by atoms with Gasteiger partial charge >= 0.3 is 0 Å². The van der Waals surface area contributed by atoms with Gasteiger partial charge in [0.05, 0.1) is 0 Å². The molecule has 2 nitrogen and oxygen atoms in total. The average Bonchev–Trinajstić information content (AvgIpc) is 2.54. The van der Waals surface area contributed by atoms with Crippen LogP contribution in [0.3, 0.4) is 0 Å². The predicted molar refractivity (Wildman–Crippen MR) is 96.5 cm³/mol. The fraction of sp³-hybridized carbons (Fsp3) is 0.333. The molecule has 22 heavy (non-hydrogen) atoms. The Hall–Kier alpha value is -1.21. The van der Waals surface area contributed by atoms with Crippen LogP contribution in [-0.2, 0) is 8.85 Å². The molecule has 0 aromatic heterocycles. The maximum absolute atomic E-state index is 6.37. The van der Waals surface area contributed by atoms with Crippen molar-refractivity contribution in [2.24, 2.45) is 0 Å². The third-order valence-corrected chi connectivity index (χ3v) is 18.2. The lowest BCUT2D eigenvalue weighted by molar-refractivity contribution is 0.299. The van der Waals surface area contributed by atoms with Gasteiger partial charge in [0, 0.05) is 13.2 Å². The summed E-state index contributed by atoms with van der Waals surface area (Å²) in [5.74, 6) is 0. The summed E-state index contributed by atoms with van der Waals surface area (Å²) in [6, 6.07) is 21.7. The molecule has 0 spiro atoms. The zero-order valence-corrected chi connectivity index (χ0v) is 15.4. The van der Waals surface area contributed by atoms with Crippen molar-refractivity contribution >= 4 is 27.0 Å². The minimum absolute atomic E-state index is 0.798. The minimum atomic E-state index is -1.84. The third-order valence-electron chi connectivity index (χ3n) is 4.58. The number of hydrogen-bond acceptors (Lipinski definition) is 2. The Balaban J connectivity index is 1.92. The molecule has 2 aromatic carbocycles. The fourth-order valence-corrected chi connectivity index (χ4v) is 18.6. The van der Waals surface area contributed by atoms with Crippen LogP contribution in [-0.4, -0.2) is 29.8 Å². The third kappa shape index (κ3) is 2.72. The first-order valence-electron chi connectivity index (χ1n) is 8.14. The van der Waals surface area contributed by atoms with Gasteiger partial charge in [-0.2, -0.15) is 0 Å². The summed E-state index contributed by atoms with van der Waals surface area (Å²) in [6.45, 7) is 5.82. The maximum Gasteiger partial charge on any atom is 0.224 e. The summed E-state index contributed by atoms with van der Waals surface area (Å²) in [7, 11) is -3.68. The lowest BCUT2D eigenvalue weighted by Gasteiger charge is -2.52. The maximum atomic E-state index is 6.37. The van der Waals surface area contributed by atoms with Gasteiger partial charge < -0.3 is 8.85 Å². The molecule has 1 fully saturated rings. The quantitative estimate of drug-likeness (QED) is 0.759. The van der Waals surface area contributed by atoms with Crippen LogP contribution in [0.1, 0.15) is 13.8 Å². The Labute approximate surface area is 135 Å². The average molecular weight is 329 g/mol. The molecule has 0 bridgehead atoms. The summed E-state index contributed by atoms with van der Waals surface area (Å²) in [5, 5.41) is 2.85. The summed E-state index contributed by atoms with van der Waals surface area (Å²) < 4.78 is 12.7. The zero-order valence-electron chi connectivity index (χ0n) is 13.4. The SMILES string of the molecule is CCO[Si]1(c2ccccc2)C[Si](OCC)(c2ccccc2)C1. The first kappa shape index (κ1) is 15.7. The summed E-state index contributed by atoms with van der Waals surface area (Å²) in [5.41, 5.74) is 2.30. The second kappa shape index (κ2) is 6.50. The largest absolute Gasteiger partial charge is 0.413 e. The van der Waals surface area contributed by atoms with E-state index in [2.05, 4.69) is 74.5 Å². The van der Waals surface area contributed by atoms with E-state index in [1.54, 1.807) is 0 Å². The minimum Gasteiger partial charge on any atom is -0.413 e. The van der Waals surface area contributed by atoms with E-state index < -0.39 is 16.6 Å². The summed E-state index contributed by atoms with van der Waals surface area (Å²) >= 11 is 0. The highest BCUT2D eigenvalue weighted by Gasteiger charge is 2.62. The molecule has 1 heterocycles. The van der Waals surface area contributed by atoms with Gasteiger partial charge in [-0.05, 0) is 35.6 Å². The highest BCUT2D eigenvalue weighted by atomic mass is 28.5. The van der Waals surface area contributed by atoms with Gasteiger partial charge in [0.2, 0.25) is 16.6 Å². The van der Waals surface area contributed by atoms with Gasteiger partial charge in [-0.3, -0.25) is 0 Å². The van der Waals surface area contributed by atoms with Crippen molar-refractivity contribution in [3.8, 4) is 0 Å². The van der Waals surface area contributed by atoms with Crippen molar-refractivity contribution in [3.05, 3.63) is 60.7 Å². The normalized spacial score (nSPS) is 27.4. The van der Waals surface area contributed by atoms with Gasteiger partial charge in [0.15, 0.2) is 0 Å². The van der Waals surface area contributed by atoms with E-state index >= 15 is 0 Å². The zero-order chi connectivity index (χ0) is 15.5. The Bertz CT molecular complexity index is 541. The lowest BCUT2D eigenvalue weighted by Crippen LogP contribution is -2.76. The van der Waals surface area contributed by atoms with E-state index in [0.717, 1.165) is 24.5 Å². The molecule has 0 atom stereocenters. The second-order valence-electron chi connectivity index (χ2n) is 5.94. The predicted octanol–water partition coefficient (Wildman–Crippen LogP) is 2.86. The van der Waals surface area contributed by atoms with E-state index in [0.29, 0.717) is 0 Å². The van der Waals surface area contributed by atoms with Crippen molar-refractivity contribution in [2.45, 2.75) is 25.2 Å². The summed E-state index contributed by atoms with van der Waals surface area (Å²) in [4.78, 5) is 0. The van der Waals surface area contributed by atoms with Crippen LogP contribution in [0.4, 0.5) is 0 Å². The number of rotatable bonds is 6. The van der Waals surface area contributed by atoms with Crippen LogP contribution in [0, 0.1) is 0 Å². The van der Waals surface area contributed by atoms with E-state index in [9.17, 15) is 0 Å². The molecule has 3 rings (SSSR count). The van der Waals surface area contributed by atoms with Crippen molar-refractivity contribution in [1.29, 1.82) is 0 Å². The molecular weight excluding hydrogens is 304 g/mol. The van der Waals surface area contributed by atoms with Crippen LogP contribution in [0.5, 0.6) is 0 Å². The first-order chi connectivity index (χ1) is 10.7. The van der Waals surface area contributed by atoms with Crippen molar-refractivity contribution in [3.63, 3.8) is 0 Å². The highest BCUT2D eigenvalue weighted by molar-refractivity contribution is 7.18. The Morgan fingerprint density at radius 1 is 0.682 bits per heavy atom. The molecule has 1 saturated heterocycles. The monoisotopic (exact) mass is 328 g/mol. The van der Waals surface area contributed by atoms with Gasteiger partial charge in [-0.1, -0.05) is 60.7 Å². The molecule has 0 amide bonds. The Kier molecular flexibility index (Phi) is 4.63. The van der Waals surface area contributed by atoms with Gasteiger partial charge in [0.25, 0.3) is 0 Å². The molecule has 2 aromatic rings.